The van der Waals surface area contributed by atoms with Gasteiger partial charge in [0.25, 0.3) is 5.91 Å². The minimum atomic E-state index is -0.535. The number of benzene rings is 1. The molecule has 0 saturated heterocycles. The summed E-state index contributed by atoms with van der Waals surface area (Å²) in [6, 6.07) is 7.79. The third-order valence-corrected chi connectivity index (χ3v) is 3.85. The van der Waals surface area contributed by atoms with E-state index in [0.717, 1.165) is 5.56 Å². The van der Waals surface area contributed by atoms with Gasteiger partial charge in [-0.15, -0.1) is 0 Å². The largest absolute Gasteiger partial charge is 0.359 e. The van der Waals surface area contributed by atoms with Crippen molar-refractivity contribution < 1.29 is 14.0 Å². The van der Waals surface area contributed by atoms with Crippen molar-refractivity contribution in [2.45, 2.75) is 25.8 Å². The Morgan fingerprint density at radius 1 is 1.32 bits per heavy atom. The second-order valence-electron chi connectivity index (χ2n) is 6.66. The fourth-order valence-corrected chi connectivity index (χ4v) is 2.72. The van der Waals surface area contributed by atoms with Crippen molar-refractivity contribution in [1.29, 1.82) is 0 Å². The van der Waals surface area contributed by atoms with Crippen molar-refractivity contribution >= 4 is 23.3 Å². The Morgan fingerprint density at radius 2 is 2.04 bits per heavy atom. The summed E-state index contributed by atoms with van der Waals surface area (Å²) in [4.78, 5) is 28.1. The van der Waals surface area contributed by atoms with E-state index in [-0.39, 0.29) is 24.2 Å². The molecule has 0 fully saturated rings. The topological polar surface area (TPSA) is 83.1 Å². The summed E-state index contributed by atoms with van der Waals surface area (Å²) in [5, 5.41) is 8.51. The van der Waals surface area contributed by atoms with E-state index in [1.807, 2.05) is 13.8 Å². The quantitative estimate of drug-likeness (QED) is 0.796. The number of nitrogens with zero attached hydrogens (tertiary/aromatic N) is 1. The number of halogens is 1. The lowest BCUT2D eigenvalue weighted by atomic mass is 9.94. The van der Waals surface area contributed by atoms with Crippen LogP contribution in [0.4, 0.5) is 15.9 Å². The zero-order chi connectivity index (χ0) is 18.0. The number of rotatable bonds is 4. The van der Waals surface area contributed by atoms with Gasteiger partial charge in [0.05, 0.1) is 17.8 Å². The molecule has 7 heteroatoms. The summed E-state index contributed by atoms with van der Waals surface area (Å²) in [6.07, 6.45) is 2.02. The zero-order valence-electron chi connectivity index (χ0n) is 14.0. The SMILES string of the molecule is CC(C)(Cc1ccc(F)cc1)NC(=O)c1cnc2c(c1)NC(=O)CN2. The maximum Gasteiger partial charge on any atom is 0.253 e. The third-order valence-electron chi connectivity index (χ3n) is 3.85. The minimum Gasteiger partial charge on any atom is -0.359 e. The highest BCUT2D eigenvalue weighted by molar-refractivity contribution is 6.02. The third kappa shape index (κ3) is 4.12. The van der Waals surface area contributed by atoms with E-state index in [4.69, 9.17) is 0 Å². The average Bonchev–Trinajstić information content (AvgIpc) is 2.55. The predicted molar refractivity (Wildman–Crippen MR) is 93.0 cm³/mol. The smallest absolute Gasteiger partial charge is 0.253 e. The van der Waals surface area contributed by atoms with Crippen LogP contribution in [0.2, 0.25) is 0 Å². The van der Waals surface area contributed by atoms with Crippen LogP contribution in [0, 0.1) is 5.82 Å². The van der Waals surface area contributed by atoms with Crippen LogP contribution in [0.15, 0.2) is 36.5 Å². The van der Waals surface area contributed by atoms with Gasteiger partial charge in [0.15, 0.2) is 0 Å². The summed E-state index contributed by atoms with van der Waals surface area (Å²) >= 11 is 0. The Hall–Kier alpha value is -2.96. The van der Waals surface area contributed by atoms with E-state index in [9.17, 15) is 14.0 Å². The van der Waals surface area contributed by atoms with Crippen LogP contribution in [-0.2, 0) is 11.2 Å². The standard InChI is InChI=1S/C18H19FN4O2/c1-18(2,8-11-3-5-13(19)6-4-11)23-17(25)12-7-14-16(20-9-12)21-10-15(24)22-14/h3-7,9H,8,10H2,1-2H3,(H,20,21)(H,22,24)(H,23,25). The van der Waals surface area contributed by atoms with Crippen LogP contribution in [0.25, 0.3) is 0 Å². The van der Waals surface area contributed by atoms with Crippen LogP contribution < -0.4 is 16.0 Å². The number of hydrogen-bond acceptors (Lipinski definition) is 4. The van der Waals surface area contributed by atoms with Crippen molar-refractivity contribution in [3.05, 3.63) is 53.5 Å². The van der Waals surface area contributed by atoms with Crippen molar-refractivity contribution in [2.24, 2.45) is 0 Å². The van der Waals surface area contributed by atoms with E-state index in [1.165, 1.54) is 18.3 Å². The molecule has 3 N–H and O–H groups in total. The van der Waals surface area contributed by atoms with Crippen LogP contribution in [0.5, 0.6) is 0 Å². The Morgan fingerprint density at radius 3 is 2.76 bits per heavy atom. The summed E-state index contributed by atoms with van der Waals surface area (Å²) in [5.74, 6) is -0.214. The van der Waals surface area contributed by atoms with Crippen LogP contribution in [0.1, 0.15) is 29.8 Å². The molecular formula is C18H19FN4O2. The molecular weight excluding hydrogens is 323 g/mol. The Labute approximate surface area is 144 Å². The zero-order valence-corrected chi connectivity index (χ0v) is 14.0. The first-order valence-corrected chi connectivity index (χ1v) is 7.93. The van der Waals surface area contributed by atoms with Crippen molar-refractivity contribution in [3.8, 4) is 0 Å². The van der Waals surface area contributed by atoms with Gasteiger partial charge in [-0.05, 0) is 44.0 Å². The summed E-state index contributed by atoms with van der Waals surface area (Å²) in [5.41, 5.74) is 1.23. The van der Waals surface area contributed by atoms with Gasteiger partial charge in [-0.3, -0.25) is 9.59 Å². The lowest BCUT2D eigenvalue weighted by Crippen LogP contribution is -2.45. The second-order valence-corrected chi connectivity index (χ2v) is 6.66. The number of amides is 2. The van der Waals surface area contributed by atoms with Gasteiger partial charge < -0.3 is 16.0 Å². The average molecular weight is 342 g/mol. The molecule has 0 aliphatic carbocycles. The van der Waals surface area contributed by atoms with Crippen molar-refractivity contribution in [3.63, 3.8) is 0 Å². The highest BCUT2D eigenvalue weighted by Gasteiger charge is 2.23. The van der Waals surface area contributed by atoms with Gasteiger partial charge >= 0.3 is 0 Å². The van der Waals surface area contributed by atoms with Gasteiger partial charge in [-0.2, -0.15) is 0 Å². The maximum absolute atomic E-state index is 13.0. The molecule has 0 saturated carbocycles. The molecule has 0 bridgehead atoms. The molecule has 2 amide bonds. The summed E-state index contributed by atoms with van der Waals surface area (Å²) in [6.45, 7) is 3.95. The summed E-state index contributed by atoms with van der Waals surface area (Å²) < 4.78 is 13.0. The molecule has 1 aliphatic heterocycles. The first-order chi connectivity index (χ1) is 11.8. The number of anilines is 2. The normalized spacial score (nSPS) is 13.5. The van der Waals surface area contributed by atoms with E-state index in [1.54, 1.807) is 18.2 Å². The van der Waals surface area contributed by atoms with E-state index < -0.39 is 5.54 Å². The van der Waals surface area contributed by atoms with Crippen LogP contribution in [-0.4, -0.2) is 28.9 Å². The van der Waals surface area contributed by atoms with E-state index in [2.05, 4.69) is 20.9 Å². The molecule has 0 atom stereocenters. The highest BCUT2D eigenvalue weighted by atomic mass is 19.1. The van der Waals surface area contributed by atoms with E-state index in [0.29, 0.717) is 23.5 Å². The first-order valence-electron chi connectivity index (χ1n) is 7.93. The fourth-order valence-electron chi connectivity index (χ4n) is 2.72. The second kappa shape index (κ2) is 6.51. The lowest BCUT2D eigenvalue weighted by Gasteiger charge is -2.27. The van der Waals surface area contributed by atoms with Gasteiger partial charge in [0.2, 0.25) is 5.91 Å². The molecule has 0 radical (unpaired) electrons. The van der Waals surface area contributed by atoms with Crippen molar-refractivity contribution in [1.82, 2.24) is 10.3 Å². The van der Waals surface area contributed by atoms with E-state index >= 15 is 0 Å². The molecule has 2 aromatic rings. The number of pyridine rings is 1. The Bertz CT molecular complexity index is 818. The lowest BCUT2D eigenvalue weighted by molar-refractivity contribution is -0.114. The first kappa shape index (κ1) is 16.9. The predicted octanol–water partition coefficient (Wildman–Crippen LogP) is 2.34. The molecule has 1 aliphatic rings. The number of nitrogens with one attached hydrogen (secondary N) is 3. The van der Waals surface area contributed by atoms with Gasteiger partial charge in [0.1, 0.15) is 11.6 Å². The monoisotopic (exact) mass is 342 g/mol. The molecule has 1 aromatic carbocycles. The minimum absolute atomic E-state index is 0.163. The number of fused-ring (bicyclic) bond motifs is 1. The van der Waals surface area contributed by atoms with Gasteiger partial charge in [0, 0.05) is 11.7 Å². The fraction of sp³-hybridized carbons (Fsp3) is 0.278. The van der Waals surface area contributed by atoms with Crippen LogP contribution >= 0.6 is 0 Å². The molecule has 130 valence electrons. The van der Waals surface area contributed by atoms with Crippen LogP contribution in [0.3, 0.4) is 0 Å². The maximum atomic E-state index is 13.0. The molecule has 6 nitrogen and oxygen atoms in total. The summed E-state index contributed by atoms with van der Waals surface area (Å²) in [7, 11) is 0. The highest BCUT2D eigenvalue weighted by Crippen LogP contribution is 2.23. The number of carbonyl (C=O) groups is 2. The molecule has 25 heavy (non-hydrogen) atoms. The Kier molecular flexibility index (Phi) is 4.39. The number of carbonyl (C=O) groups excluding carboxylic acids is 2. The molecule has 2 heterocycles. The molecule has 1 aromatic heterocycles. The van der Waals surface area contributed by atoms with Crippen molar-refractivity contribution in [2.75, 3.05) is 17.2 Å². The van der Waals surface area contributed by atoms with Gasteiger partial charge in [-0.25, -0.2) is 9.37 Å². The number of aromatic nitrogens is 1. The Balaban J connectivity index is 1.71. The molecule has 0 spiro atoms. The number of hydrogen-bond donors (Lipinski definition) is 3. The molecule has 0 unspecified atom stereocenters. The molecule has 3 rings (SSSR count). The van der Waals surface area contributed by atoms with Gasteiger partial charge in [-0.1, -0.05) is 12.1 Å².